The average Bonchev–Trinajstić information content (AvgIpc) is 3.63. The average molecular weight is 427 g/mol. The molecule has 8 heteroatoms. The van der Waals surface area contributed by atoms with Crippen molar-refractivity contribution < 1.29 is 19.1 Å². The molecule has 2 aliphatic heterocycles. The summed E-state index contributed by atoms with van der Waals surface area (Å²) in [6.45, 7) is 5.26. The molecule has 2 fully saturated rings. The van der Waals surface area contributed by atoms with Crippen molar-refractivity contribution in [1.29, 1.82) is 0 Å². The minimum atomic E-state index is -0.559. The van der Waals surface area contributed by atoms with E-state index in [2.05, 4.69) is 10.2 Å². The van der Waals surface area contributed by atoms with Crippen LogP contribution in [-0.2, 0) is 14.3 Å². The number of hydrogen-bond acceptors (Lipinski definition) is 5. The van der Waals surface area contributed by atoms with E-state index in [9.17, 15) is 14.4 Å². The first-order valence-electron chi connectivity index (χ1n) is 11.0. The molecule has 1 atom stereocenters. The molecule has 2 heterocycles. The van der Waals surface area contributed by atoms with Crippen LogP contribution in [0.25, 0.3) is 0 Å². The molecular formula is C23H30N4O4. The quantitative estimate of drug-likeness (QED) is 0.701. The molecule has 1 aliphatic carbocycles. The monoisotopic (exact) mass is 426 g/mol. The molecule has 1 aromatic carbocycles. The minimum Gasteiger partial charge on any atom is -0.463 e. The number of urea groups is 1. The van der Waals surface area contributed by atoms with Crippen LogP contribution in [0.5, 0.6) is 0 Å². The molecule has 0 aromatic heterocycles. The van der Waals surface area contributed by atoms with E-state index in [0.29, 0.717) is 44.0 Å². The van der Waals surface area contributed by atoms with Crippen LogP contribution in [0.3, 0.4) is 0 Å². The van der Waals surface area contributed by atoms with Crippen molar-refractivity contribution in [3.8, 4) is 0 Å². The predicted octanol–water partition coefficient (Wildman–Crippen LogP) is 1.75. The summed E-state index contributed by atoms with van der Waals surface area (Å²) < 4.78 is 5.37. The Balaban J connectivity index is 1.58. The maximum Gasteiger partial charge on any atom is 0.338 e. The number of benzene rings is 1. The molecule has 0 unspecified atom stereocenters. The highest BCUT2D eigenvalue weighted by Gasteiger charge is 2.38. The summed E-state index contributed by atoms with van der Waals surface area (Å²) in [6.07, 6.45) is 2.02. The molecule has 4 rings (SSSR count). The van der Waals surface area contributed by atoms with Crippen molar-refractivity contribution in [2.45, 2.75) is 25.8 Å². The van der Waals surface area contributed by atoms with Crippen LogP contribution in [0.2, 0.25) is 0 Å². The van der Waals surface area contributed by atoms with Gasteiger partial charge < -0.3 is 15.0 Å². The van der Waals surface area contributed by atoms with Crippen LogP contribution in [0.15, 0.2) is 41.6 Å². The Labute approximate surface area is 182 Å². The number of nitrogens with zero attached hydrogens (tertiary/aromatic N) is 3. The third-order valence-electron chi connectivity index (χ3n) is 6.19. The Bertz CT molecular complexity index is 873. The lowest BCUT2D eigenvalue weighted by molar-refractivity contribution is -0.139. The number of amides is 3. The second-order valence-corrected chi connectivity index (χ2v) is 8.31. The molecule has 0 radical (unpaired) electrons. The Morgan fingerprint density at radius 3 is 2.39 bits per heavy atom. The summed E-state index contributed by atoms with van der Waals surface area (Å²) in [5.41, 5.74) is 1.95. The van der Waals surface area contributed by atoms with Crippen molar-refractivity contribution in [3.05, 3.63) is 47.2 Å². The zero-order valence-electron chi connectivity index (χ0n) is 18.2. The topological polar surface area (TPSA) is 82.2 Å². The van der Waals surface area contributed by atoms with Crippen molar-refractivity contribution >= 4 is 17.9 Å². The van der Waals surface area contributed by atoms with Gasteiger partial charge in [-0.2, -0.15) is 0 Å². The summed E-state index contributed by atoms with van der Waals surface area (Å²) >= 11 is 0. The van der Waals surface area contributed by atoms with Crippen LogP contribution < -0.4 is 5.32 Å². The van der Waals surface area contributed by atoms with Crippen molar-refractivity contribution in [2.24, 2.45) is 5.92 Å². The van der Waals surface area contributed by atoms with Crippen LogP contribution >= 0.6 is 0 Å². The highest BCUT2D eigenvalue weighted by atomic mass is 16.5. The molecule has 8 nitrogen and oxygen atoms in total. The standard InChI is InChI=1S/C23H30N4O4/c1-3-31-22(29)19-18(15-26-11-13-27(14-12-26)21(28)17-9-10-17)25(2)23(30)24-20(19)16-7-5-4-6-8-16/h4-8,17,20H,3,9-15H2,1-2H3,(H,24,30)/t20-/m1/s1. The predicted molar refractivity (Wildman–Crippen MR) is 115 cm³/mol. The van der Waals surface area contributed by atoms with Gasteiger partial charge in [-0.25, -0.2) is 9.59 Å². The lowest BCUT2D eigenvalue weighted by Crippen LogP contribution is -2.53. The highest BCUT2D eigenvalue weighted by Crippen LogP contribution is 2.33. The van der Waals surface area contributed by atoms with Gasteiger partial charge in [0.2, 0.25) is 5.91 Å². The third kappa shape index (κ3) is 4.58. The maximum atomic E-state index is 13.0. The smallest absolute Gasteiger partial charge is 0.338 e. The Hall–Kier alpha value is -2.87. The van der Waals surface area contributed by atoms with E-state index in [0.717, 1.165) is 18.4 Å². The zero-order chi connectivity index (χ0) is 22.0. The van der Waals surface area contributed by atoms with Crippen LogP contribution in [0.1, 0.15) is 31.4 Å². The molecule has 166 valence electrons. The molecule has 1 aromatic rings. The molecule has 0 bridgehead atoms. The molecular weight excluding hydrogens is 396 g/mol. The van der Waals surface area contributed by atoms with Gasteiger partial charge in [-0.05, 0) is 25.3 Å². The second kappa shape index (κ2) is 9.09. The second-order valence-electron chi connectivity index (χ2n) is 8.31. The Morgan fingerprint density at radius 2 is 1.77 bits per heavy atom. The summed E-state index contributed by atoms with van der Waals surface area (Å²) in [7, 11) is 1.68. The first kappa shape index (κ1) is 21.4. The SMILES string of the molecule is CCOC(=O)C1=C(CN2CCN(C(=O)C3CC3)CC2)N(C)C(=O)N[C@@H]1c1ccccc1. The number of carbonyl (C=O) groups excluding carboxylic acids is 3. The van der Waals surface area contributed by atoms with Crippen molar-refractivity contribution in [1.82, 2.24) is 20.0 Å². The van der Waals surface area contributed by atoms with Gasteiger partial charge >= 0.3 is 12.0 Å². The highest BCUT2D eigenvalue weighted by molar-refractivity contribution is 5.95. The normalized spacial score (nSPS) is 22.4. The van der Waals surface area contributed by atoms with Crippen LogP contribution in [0, 0.1) is 5.92 Å². The van der Waals surface area contributed by atoms with E-state index in [1.807, 2.05) is 35.2 Å². The van der Waals surface area contributed by atoms with Gasteiger partial charge in [0.05, 0.1) is 18.2 Å². The van der Waals surface area contributed by atoms with E-state index in [1.165, 1.54) is 4.90 Å². The summed E-state index contributed by atoms with van der Waals surface area (Å²) in [5.74, 6) is 0.0783. The van der Waals surface area contributed by atoms with Gasteiger partial charge in [0.25, 0.3) is 0 Å². The fourth-order valence-corrected chi connectivity index (χ4v) is 4.22. The van der Waals surface area contributed by atoms with E-state index in [1.54, 1.807) is 14.0 Å². The van der Waals surface area contributed by atoms with Gasteiger partial charge in [-0.1, -0.05) is 30.3 Å². The number of ether oxygens (including phenoxy) is 1. The molecule has 1 N–H and O–H groups in total. The summed E-state index contributed by atoms with van der Waals surface area (Å²) in [4.78, 5) is 43.7. The van der Waals surface area contributed by atoms with Crippen LogP contribution in [-0.4, -0.2) is 79.0 Å². The lowest BCUT2D eigenvalue weighted by atomic mass is 9.94. The Kier molecular flexibility index (Phi) is 6.27. The van der Waals surface area contributed by atoms with Gasteiger partial charge in [-0.15, -0.1) is 0 Å². The number of rotatable bonds is 6. The molecule has 1 saturated carbocycles. The lowest BCUT2D eigenvalue weighted by Gasteiger charge is -2.39. The van der Waals surface area contributed by atoms with Gasteiger partial charge in [0, 0.05) is 51.4 Å². The molecule has 1 saturated heterocycles. The number of likely N-dealkylation sites (N-methyl/N-ethyl adjacent to an activating group) is 1. The number of esters is 1. The van der Waals surface area contributed by atoms with Gasteiger partial charge in [0.15, 0.2) is 0 Å². The summed E-state index contributed by atoms with van der Waals surface area (Å²) in [6, 6.07) is 8.66. The Morgan fingerprint density at radius 1 is 1.10 bits per heavy atom. The third-order valence-corrected chi connectivity index (χ3v) is 6.19. The van der Waals surface area contributed by atoms with Crippen LogP contribution in [0.4, 0.5) is 4.79 Å². The number of hydrogen-bond donors (Lipinski definition) is 1. The number of carbonyl (C=O) groups is 3. The minimum absolute atomic E-state index is 0.226. The largest absolute Gasteiger partial charge is 0.463 e. The first-order chi connectivity index (χ1) is 15.0. The van der Waals surface area contributed by atoms with Crippen molar-refractivity contribution in [3.63, 3.8) is 0 Å². The van der Waals surface area contributed by atoms with E-state index < -0.39 is 12.0 Å². The fourth-order valence-electron chi connectivity index (χ4n) is 4.22. The van der Waals surface area contributed by atoms with Gasteiger partial charge in [-0.3, -0.25) is 14.6 Å². The first-order valence-corrected chi connectivity index (χ1v) is 11.0. The molecule has 3 aliphatic rings. The molecule has 31 heavy (non-hydrogen) atoms. The molecule has 3 amide bonds. The molecule has 0 spiro atoms. The van der Waals surface area contributed by atoms with E-state index in [-0.39, 0.29) is 24.5 Å². The number of nitrogens with one attached hydrogen (secondary N) is 1. The van der Waals surface area contributed by atoms with E-state index in [4.69, 9.17) is 4.74 Å². The van der Waals surface area contributed by atoms with Crippen molar-refractivity contribution in [2.75, 3.05) is 46.4 Å². The fraction of sp³-hybridized carbons (Fsp3) is 0.522. The van der Waals surface area contributed by atoms with E-state index >= 15 is 0 Å². The maximum absolute atomic E-state index is 13.0. The zero-order valence-corrected chi connectivity index (χ0v) is 18.2. The number of piperazine rings is 1. The van der Waals surface area contributed by atoms with Gasteiger partial charge in [0.1, 0.15) is 0 Å². The summed E-state index contributed by atoms with van der Waals surface area (Å²) in [5, 5.41) is 2.94.